The van der Waals surface area contributed by atoms with Gasteiger partial charge in [-0.2, -0.15) is 0 Å². The van der Waals surface area contributed by atoms with Crippen molar-refractivity contribution in [2.75, 3.05) is 19.8 Å². The number of aliphatic hydroxyl groups is 3. The van der Waals surface area contributed by atoms with E-state index in [9.17, 15) is 5.11 Å². The summed E-state index contributed by atoms with van der Waals surface area (Å²) >= 11 is 0. The van der Waals surface area contributed by atoms with Gasteiger partial charge in [0.05, 0.1) is 19.8 Å². The Kier molecular flexibility index (Phi) is 10.6. The molecule has 0 aliphatic carbocycles. The summed E-state index contributed by atoms with van der Waals surface area (Å²) in [6.45, 7) is 4.17. The third-order valence-corrected chi connectivity index (χ3v) is 2.82. The molecule has 104 valence electrons. The van der Waals surface area contributed by atoms with Crippen molar-refractivity contribution in [1.29, 1.82) is 0 Å². The smallest absolute Gasteiger partial charge is 0.0641 e. The number of rotatable bonds is 9. The first kappa shape index (κ1) is 17.1. The van der Waals surface area contributed by atoms with E-state index in [1.54, 1.807) is 6.08 Å². The number of hydrogen-bond donors (Lipinski definition) is 3. The molecule has 0 amide bonds. The van der Waals surface area contributed by atoms with Gasteiger partial charge in [0.25, 0.3) is 0 Å². The molecule has 0 atom stereocenters. The van der Waals surface area contributed by atoms with Gasteiger partial charge in [0.2, 0.25) is 0 Å². The van der Waals surface area contributed by atoms with Crippen molar-refractivity contribution in [2.24, 2.45) is 0 Å². The molecular formula is C15H26O3. The maximum atomic E-state index is 9.22. The average molecular weight is 254 g/mol. The molecule has 0 radical (unpaired) electrons. The number of aliphatic hydroxyl groups excluding tert-OH is 3. The van der Waals surface area contributed by atoms with Crippen molar-refractivity contribution in [1.82, 2.24) is 0 Å². The Labute approximate surface area is 110 Å². The summed E-state index contributed by atoms with van der Waals surface area (Å²) in [5.41, 5.74) is 3.17. The van der Waals surface area contributed by atoms with Gasteiger partial charge in [-0.3, -0.25) is 0 Å². The molecule has 0 rings (SSSR count). The van der Waals surface area contributed by atoms with Crippen LogP contribution < -0.4 is 0 Å². The molecule has 3 nitrogen and oxygen atoms in total. The first-order valence-electron chi connectivity index (χ1n) is 6.45. The van der Waals surface area contributed by atoms with Gasteiger partial charge in [0.1, 0.15) is 0 Å². The van der Waals surface area contributed by atoms with Crippen LogP contribution in [-0.2, 0) is 0 Å². The van der Waals surface area contributed by atoms with E-state index in [4.69, 9.17) is 10.2 Å². The van der Waals surface area contributed by atoms with Crippen LogP contribution in [0.4, 0.5) is 0 Å². The first-order valence-corrected chi connectivity index (χ1v) is 6.45. The van der Waals surface area contributed by atoms with E-state index in [1.165, 1.54) is 5.57 Å². The fourth-order valence-electron chi connectivity index (χ4n) is 1.58. The lowest BCUT2D eigenvalue weighted by atomic mass is 10.1. The molecule has 0 aromatic heterocycles. The summed E-state index contributed by atoms with van der Waals surface area (Å²) < 4.78 is 0. The van der Waals surface area contributed by atoms with Crippen molar-refractivity contribution in [3.05, 3.63) is 34.9 Å². The van der Waals surface area contributed by atoms with Crippen LogP contribution in [0.3, 0.4) is 0 Å². The third-order valence-electron chi connectivity index (χ3n) is 2.82. The summed E-state index contributed by atoms with van der Waals surface area (Å²) in [4.78, 5) is 0. The molecule has 0 fully saturated rings. The van der Waals surface area contributed by atoms with Crippen molar-refractivity contribution in [3.8, 4) is 0 Å². The molecule has 0 unspecified atom stereocenters. The highest BCUT2D eigenvalue weighted by Gasteiger charge is 1.96. The Morgan fingerprint density at radius 1 is 0.778 bits per heavy atom. The Balaban J connectivity index is 4.05. The predicted octanol–water partition coefficient (Wildman–Crippen LogP) is 2.34. The van der Waals surface area contributed by atoms with Gasteiger partial charge in [-0.05, 0) is 45.1 Å². The van der Waals surface area contributed by atoms with Gasteiger partial charge in [0, 0.05) is 0 Å². The Morgan fingerprint density at radius 2 is 1.44 bits per heavy atom. The van der Waals surface area contributed by atoms with Gasteiger partial charge in [-0.25, -0.2) is 0 Å². The van der Waals surface area contributed by atoms with E-state index in [0.29, 0.717) is 0 Å². The van der Waals surface area contributed by atoms with E-state index in [1.807, 2.05) is 19.9 Å². The summed E-state index contributed by atoms with van der Waals surface area (Å²) in [5.74, 6) is 0. The van der Waals surface area contributed by atoms with E-state index in [-0.39, 0.29) is 19.8 Å². The highest BCUT2D eigenvalue weighted by molar-refractivity contribution is 5.08. The topological polar surface area (TPSA) is 60.7 Å². The fourth-order valence-corrected chi connectivity index (χ4v) is 1.58. The second-order valence-corrected chi connectivity index (χ2v) is 4.54. The van der Waals surface area contributed by atoms with Crippen molar-refractivity contribution in [3.63, 3.8) is 0 Å². The Morgan fingerprint density at radius 3 is 2.00 bits per heavy atom. The quantitative estimate of drug-likeness (QED) is 0.553. The van der Waals surface area contributed by atoms with Crippen LogP contribution in [0, 0.1) is 0 Å². The number of allylic oxidation sites excluding steroid dienone is 3. The molecule has 0 heterocycles. The van der Waals surface area contributed by atoms with Crippen LogP contribution in [0.1, 0.15) is 39.5 Å². The molecule has 0 aromatic carbocycles. The van der Waals surface area contributed by atoms with Crippen molar-refractivity contribution < 1.29 is 15.3 Å². The van der Waals surface area contributed by atoms with Crippen LogP contribution in [-0.4, -0.2) is 35.1 Å². The monoisotopic (exact) mass is 254 g/mol. The molecule has 0 spiro atoms. The molecule has 3 heteroatoms. The molecule has 0 aliphatic heterocycles. The molecule has 3 N–H and O–H groups in total. The molecule has 0 saturated heterocycles. The van der Waals surface area contributed by atoms with Gasteiger partial charge >= 0.3 is 0 Å². The zero-order valence-corrected chi connectivity index (χ0v) is 11.5. The maximum Gasteiger partial charge on any atom is 0.0641 e. The van der Waals surface area contributed by atoms with E-state index in [0.717, 1.165) is 36.8 Å². The Bertz CT molecular complexity index is 301. The van der Waals surface area contributed by atoms with Gasteiger partial charge < -0.3 is 15.3 Å². The average Bonchev–Trinajstić information content (AvgIpc) is 2.36. The lowest BCUT2D eigenvalue weighted by Crippen LogP contribution is -1.92. The highest BCUT2D eigenvalue weighted by Crippen LogP contribution is 2.11. The Hall–Kier alpha value is -0.900. The minimum absolute atomic E-state index is 0.0909. The lowest BCUT2D eigenvalue weighted by molar-refractivity contribution is 0.325. The minimum Gasteiger partial charge on any atom is -0.392 e. The first-order chi connectivity index (χ1) is 8.63. The zero-order chi connectivity index (χ0) is 13.8. The van der Waals surface area contributed by atoms with Crippen LogP contribution >= 0.6 is 0 Å². The SMILES string of the molecule is C/C(=C\CC/C(=C/CC/C(C)=C/CO)CO)CO. The van der Waals surface area contributed by atoms with Crippen LogP contribution in [0.5, 0.6) is 0 Å². The van der Waals surface area contributed by atoms with E-state index < -0.39 is 0 Å². The molecule has 18 heavy (non-hydrogen) atoms. The summed E-state index contributed by atoms with van der Waals surface area (Å²) in [6, 6.07) is 0. The minimum atomic E-state index is 0.0909. The van der Waals surface area contributed by atoms with E-state index >= 15 is 0 Å². The molecular weight excluding hydrogens is 228 g/mol. The standard InChI is InChI=1S/C15H26O3/c1-13(9-10-16)5-3-7-15(12-18)8-4-6-14(2)11-17/h6-7,9,16-18H,3-5,8,10-12H2,1-2H3/b13-9+,14-6+,15-7-. The lowest BCUT2D eigenvalue weighted by Gasteiger charge is -2.03. The zero-order valence-electron chi connectivity index (χ0n) is 11.5. The van der Waals surface area contributed by atoms with Crippen LogP contribution in [0.25, 0.3) is 0 Å². The van der Waals surface area contributed by atoms with Crippen LogP contribution in [0.2, 0.25) is 0 Å². The highest BCUT2D eigenvalue weighted by atomic mass is 16.3. The molecule has 0 bridgehead atoms. The summed E-state index contributed by atoms with van der Waals surface area (Å²) in [7, 11) is 0. The molecule has 0 aliphatic rings. The fraction of sp³-hybridized carbons (Fsp3) is 0.600. The largest absolute Gasteiger partial charge is 0.392 e. The summed E-state index contributed by atoms with van der Waals surface area (Å²) in [6.07, 6.45) is 9.36. The van der Waals surface area contributed by atoms with Gasteiger partial charge in [-0.1, -0.05) is 29.4 Å². The number of hydrogen-bond acceptors (Lipinski definition) is 3. The van der Waals surface area contributed by atoms with Gasteiger partial charge in [-0.15, -0.1) is 0 Å². The normalized spacial score (nSPS) is 14.2. The van der Waals surface area contributed by atoms with Gasteiger partial charge in [0.15, 0.2) is 0 Å². The predicted molar refractivity (Wildman–Crippen MR) is 75.3 cm³/mol. The second-order valence-electron chi connectivity index (χ2n) is 4.54. The third kappa shape index (κ3) is 9.16. The molecule has 0 aromatic rings. The summed E-state index contributed by atoms with van der Waals surface area (Å²) in [5, 5.41) is 26.8. The molecule has 0 saturated carbocycles. The maximum absolute atomic E-state index is 9.22. The van der Waals surface area contributed by atoms with Crippen molar-refractivity contribution in [2.45, 2.75) is 39.5 Å². The van der Waals surface area contributed by atoms with Crippen molar-refractivity contribution >= 4 is 0 Å². The van der Waals surface area contributed by atoms with Crippen LogP contribution in [0.15, 0.2) is 34.9 Å². The van der Waals surface area contributed by atoms with E-state index in [2.05, 4.69) is 6.08 Å². The second kappa shape index (κ2) is 11.2.